The third-order valence-corrected chi connectivity index (χ3v) is 11.7. The summed E-state index contributed by atoms with van der Waals surface area (Å²) in [5.74, 6) is -0.471. The van der Waals surface area contributed by atoms with Gasteiger partial charge in [0.05, 0.1) is 17.1 Å². The Morgan fingerprint density at radius 2 is 1.56 bits per heavy atom. The average molecular weight is 696 g/mol. The summed E-state index contributed by atoms with van der Waals surface area (Å²) in [4.78, 5) is 46.5. The molecule has 1 aromatic heterocycles. The van der Waals surface area contributed by atoms with Crippen LogP contribution in [0.15, 0.2) is 59.5 Å². The second kappa shape index (κ2) is 16.1. The van der Waals surface area contributed by atoms with E-state index in [0.717, 1.165) is 36.4 Å². The van der Waals surface area contributed by atoms with Crippen LogP contribution in [-0.4, -0.2) is 97.8 Å². The van der Waals surface area contributed by atoms with Crippen LogP contribution in [-0.2, 0) is 34.3 Å². The van der Waals surface area contributed by atoms with Gasteiger partial charge in [0, 0.05) is 69.3 Å². The summed E-state index contributed by atoms with van der Waals surface area (Å²) in [7, 11) is -3.82. The molecule has 258 valence electrons. The van der Waals surface area contributed by atoms with Gasteiger partial charge in [0.2, 0.25) is 10.0 Å². The Bertz CT molecular complexity index is 1680. The van der Waals surface area contributed by atoms with E-state index in [-0.39, 0.29) is 49.2 Å². The minimum Gasteiger partial charge on any atom is -0.450 e. The smallest absolute Gasteiger partial charge is 0.409 e. The van der Waals surface area contributed by atoms with Crippen molar-refractivity contribution >= 4 is 44.3 Å². The van der Waals surface area contributed by atoms with E-state index in [0.29, 0.717) is 36.6 Å². The molecule has 0 radical (unpaired) electrons. The van der Waals surface area contributed by atoms with Crippen molar-refractivity contribution in [2.75, 3.05) is 57.7 Å². The highest BCUT2D eigenvalue weighted by atomic mass is 32.2. The molecule has 3 heterocycles. The van der Waals surface area contributed by atoms with Crippen LogP contribution >= 0.6 is 11.3 Å². The zero-order valence-electron chi connectivity index (χ0n) is 27.9. The van der Waals surface area contributed by atoms with Gasteiger partial charge in [-0.2, -0.15) is 4.31 Å². The van der Waals surface area contributed by atoms with Gasteiger partial charge in [-0.3, -0.25) is 14.5 Å². The molecule has 1 saturated heterocycles. The Balaban J connectivity index is 1.34. The lowest BCUT2D eigenvalue weighted by Gasteiger charge is -2.33. The number of sulfonamides is 1. The first kappa shape index (κ1) is 35.5. The summed E-state index contributed by atoms with van der Waals surface area (Å²) in [5, 5.41) is 3.55. The molecule has 11 nitrogen and oxygen atoms in total. The first-order chi connectivity index (χ1) is 23.2. The predicted molar refractivity (Wildman–Crippen MR) is 187 cm³/mol. The Morgan fingerprint density at radius 3 is 2.19 bits per heavy atom. The molecule has 0 saturated carbocycles. The summed E-state index contributed by atoms with van der Waals surface area (Å²) < 4.78 is 33.1. The van der Waals surface area contributed by atoms with Crippen LogP contribution < -0.4 is 5.32 Å². The van der Waals surface area contributed by atoms with Gasteiger partial charge in [-0.15, -0.1) is 11.3 Å². The maximum Gasteiger partial charge on any atom is 0.409 e. The predicted octanol–water partition coefficient (Wildman–Crippen LogP) is 5.28. The van der Waals surface area contributed by atoms with Crippen LogP contribution in [0.2, 0.25) is 0 Å². The number of nitrogens with one attached hydrogen (secondary N) is 1. The molecule has 5 rings (SSSR count). The first-order valence-corrected chi connectivity index (χ1v) is 18.9. The van der Waals surface area contributed by atoms with Gasteiger partial charge in [-0.1, -0.05) is 44.2 Å². The average Bonchev–Trinajstić information content (AvgIpc) is 3.45. The molecule has 0 spiro atoms. The fraction of sp³-hybridized carbons (Fsp3) is 0.457. The van der Waals surface area contributed by atoms with E-state index in [1.807, 2.05) is 23.1 Å². The monoisotopic (exact) mass is 695 g/mol. The number of carbonyl (C=O) groups is 3. The summed E-state index contributed by atoms with van der Waals surface area (Å²) in [6.45, 7) is 10.4. The van der Waals surface area contributed by atoms with Gasteiger partial charge >= 0.3 is 6.09 Å². The number of thiophene rings is 1. The highest BCUT2D eigenvalue weighted by Gasteiger charge is 2.33. The molecule has 48 heavy (non-hydrogen) atoms. The number of rotatable bonds is 12. The van der Waals surface area contributed by atoms with Gasteiger partial charge < -0.3 is 19.9 Å². The molecule has 1 N–H and O–H groups in total. The van der Waals surface area contributed by atoms with Crippen LogP contribution in [0.25, 0.3) is 0 Å². The van der Waals surface area contributed by atoms with Gasteiger partial charge in [0.25, 0.3) is 11.8 Å². The number of amides is 3. The number of anilines is 1. The van der Waals surface area contributed by atoms with E-state index in [2.05, 4.69) is 36.2 Å². The maximum absolute atomic E-state index is 14.0. The largest absolute Gasteiger partial charge is 0.450 e. The summed E-state index contributed by atoms with van der Waals surface area (Å²) >= 11 is 1.45. The second-order valence-corrected chi connectivity index (χ2v) is 15.1. The van der Waals surface area contributed by atoms with Gasteiger partial charge in [0.1, 0.15) is 5.00 Å². The van der Waals surface area contributed by atoms with Gasteiger partial charge in [-0.25, -0.2) is 13.2 Å². The van der Waals surface area contributed by atoms with Gasteiger partial charge in [-0.05, 0) is 61.6 Å². The SMILES string of the molecule is CCCN(CCC)C(=O)c1c(NC(=O)c2ccc(S(=O)(=O)N3CCN(C(=O)OCC)CC3)cc2)sc2c1CCN(Cc1ccccc1)C2. The minimum atomic E-state index is -3.82. The Morgan fingerprint density at radius 1 is 0.896 bits per heavy atom. The second-order valence-electron chi connectivity index (χ2n) is 12.0. The topological polar surface area (TPSA) is 120 Å². The zero-order chi connectivity index (χ0) is 34.3. The van der Waals surface area contributed by atoms with Crippen LogP contribution in [0.4, 0.5) is 9.80 Å². The standard InChI is InChI=1S/C35H45N5O6S2/c1-4-17-38(18-5-2)34(42)31-29-16-19-37(24-26-10-8-7-9-11-26)25-30(29)47-33(31)36-32(41)27-12-14-28(15-13-27)48(44,45)40-22-20-39(21-23-40)35(43)46-6-3/h7-15H,4-6,16-25H2,1-3H3,(H,36,41). The lowest BCUT2D eigenvalue weighted by atomic mass is 10.0. The lowest BCUT2D eigenvalue weighted by Crippen LogP contribution is -2.50. The van der Waals surface area contributed by atoms with Crippen molar-refractivity contribution in [3.05, 3.63) is 81.7 Å². The van der Waals surface area contributed by atoms with Crippen molar-refractivity contribution in [1.29, 1.82) is 0 Å². The summed E-state index contributed by atoms with van der Waals surface area (Å²) in [6, 6.07) is 16.1. The number of hydrogen-bond donors (Lipinski definition) is 1. The Kier molecular flexibility index (Phi) is 11.9. The molecule has 2 aromatic carbocycles. The summed E-state index contributed by atoms with van der Waals surface area (Å²) in [6.07, 6.45) is 1.93. The molecule has 0 aliphatic carbocycles. The van der Waals surface area contributed by atoms with E-state index >= 15 is 0 Å². The third kappa shape index (κ3) is 8.08. The number of ether oxygens (including phenoxy) is 1. The van der Waals surface area contributed by atoms with E-state index in [1.165, 1.54) is 50.4 Å². The third-order valence-electron chi connectivity index (χ3n) is 8.62. The number of benzene rings is 2. The van der Waals surface area contributed by atoms with E-state index in [4.69, 9.17) is 4.74 Å². The molecule has 1 fully saturated rings. The molecule has 0 atom stereocenters. The fourth-order valence-electron chi connectivity index (χ4n) is 6.19. The number of fused-ring (bicyclic) bond motifs is 1. The van der Waals surface area contributed by atoms with Gasteiger partial charge in [0.15, 0.2) is 0 Å². The molecular formula is C35H45N5O6S2. The van der Waals surface area contributed by atoms with E-state index in [1.54, 1.807) is 6.92 Å². The van der Waals surface area contributed by atoms with Crippen molar-refractivity contribution in [2.45, 2.75) is 58.0 Å². The number of piperazine rings is 1. The molecule has 2 aliphatic rings. The van der Waals surface area contributed by atoms with E-state index in [9.17, 15) is 22.8 Å². The molecule has 0 unspecified atom stereocenters. The van der Waals surface area contributed by atoms with E-state index < -0.39 is 22.0 Å². The Hall–Kier alpha value is -3.78. The number of hydrogen-bond acceptors (Lipinski definition) is 8. The minimum absolute atomic E-state index is 0.0625. The van der Waals surface area contributed by atoms with Crippen LogP contribution in [0.1, 0.15) is 70.3 Å². The fourth-order valence-corrected chi connectivity index (χ4v) is 8.89. The van der Waals surface area contributed by atoms with Crippen molar-refractivity contribution in [2.24, 2.45) is 0 Å². The molecule has 2 aliphatic heterocycles. The lowest BCUT2D eigenvalue weighted by molar-refractivity contribution is 0.0755. The number of nitrogens with zero attached hydrogens (tertiary/aromatic N) is 4. The molecular weight excluding hydrogens is 651 g/mol. The quantitative estimate of drug-likeness (QED) is 0.274. The highest BCUT2D eigenvalue weighted by Crippen LogP contribution is 2.39. The maximum atomic E-state index is 14.0. The normalized spacial score (nSPS) is 15.5. The van der Waals surface area contributed by atoms with Crippen LogP contribution in [0.3, 0.4) is 0 Å². The molecule has 3 aromatic rings. The number of carbonyl (C=O) groups excluding carboxylic acids is 3. The first-order valence-electron chi connectivity index (χ1n) is 16.7. The molecule has 3 amide bonds. The molecule has 13 heteroatoms. The van der Waals surface area contributed by atoms with Crippen LogP contribution in [0, 0.1) is 0 Å². The highest BCUT2D eigenvalue weighted by molar-refractivity contribution is 7.89. The van der Waals surface area contributed by atoms with Crippen molar-refractivity contribution < 1.29 is 27.5 Å². The zero-order valence-corrected chi connectivity index (χ0v) is 29.6. The van der Waals surface area contributed by atoms with Crippen LogP contribution in [0.5, 0.6) is 0 Å². The van der Waals surface area contributed by atoms with Crippen molar-refractivity contribution in [1.82, 2.24) is 19.0 Å². The van der Waals surface area contributed by atoms with Crippen molar-refractivity contribution in [3.8, 4) is 0 Å². The summed E-state index contributed by atoms with van der Waals surface area (Å²) in [5.41, 5.74) is 3.09. The van der Waals surface area contributed by atoms with Crippen molar-refractivity contribution in [3.63, 3.8) is 0 Å². The Labute approximate surface area is 287 Å². The molecule has 0 bridgehead atoms.